The second kappa shape index (κ2) is 8.49. The monoisotopic (exact) mass is 332 g/mol. The number of hydrogen-bond acceptors (Lipinski definition) is 4. The third-order valence-corrected chi connectivity index (χ3v) is 4.93. The number of likely N-dealkylation sites (N-methyl/N-ethyl adjacent to an activating group) is 1. The Balaban J connectivity index is 1.50. The first-order chi connectivity index (χ1) is 11.8. The maximum atomic E-state index is 12.8. The van der Waals surface area contributed by atoms with Gasteiger partial charge in [-0.25, -0.2) is 0 Å². The zero-order valence-electron chi connectivity index (χ0n) is 14.5. The molecule has 0 unspecified atom stereocenters. The first-order valence-electron chi connectivity index (χ1n) is 9.07. The molecule has 2 heterocycles. The first kappa shape index (κ1) is 17.2. The number of carbonyl (C=O) groups excluding carboxylic acids is 1. The molecular weight excluding hydrogens is 304 g/mol. The van der Waals surface area contributed by atoms with Gasteiger partial charge in [-0.3, -0.25) is 9.69 Å². The van der Waals surface area contributed by atoms with Crippen LogP contribution in [0.4, 0.5) is 0 Å². The molecule has 5 heteroatoms. The normalized spacial score (nSPS) is 25.5. The molecule has 0 N–H and O–H groups in total. The molecule has 0 bridgehead atoms. The van der Waals surface area contributed by atoms with Crippen LogP contribution in [0.15, 0.2) is 30.3 Å². The van der Waals surface area contributed by atoms with E-state index in [1.54, 1.807) is 0 Å². The number of carbonyl (C=O) groups is 1. The third kappa shape index (κ3) is 4.48. The first-order valence-corrected chi connectivity index (χ1v) is 9.07. The van der Waals surface area contributed by atoms with Gasteiger partial charge in [-0.05, 0) is 31.5 Å². The van der Waals surface area contributed by atoms with Crippen LogP contribution in [-0.4, -0.2) is 67.7 Å². The van der Waals surface area contributed by atoms with Gasteiger partial charge in [0.05, 0.1) is 13.2 Å². The van der Waals surface area contributed by atoms with E-state index >= 15 is 0 Å². The van der Waals surface area contributed by atoms with E-state index in [1.165, 1.54) is 0 Å². The molecule has 0 radical (unpaired) electrons. The standard InChI is InChI=1S/C19H28N2O3/c1-2-20-11-12-23-18(14-20)19(22)21-10-6-7-16(13-21)15-24-17-8-4-3-5-9-17/h3-5,8-9,16,18H,2,6-7,10-15H2,1H3/t16-,18-/m1/s1. The fourth-order valence-electron chi connectivity index (χ4n) is 3.47. The number of ether oxygens (including phenoxy) is 2. The van der Waals surface area contributed by atoms with Crippen LogP contribution in [0, 0.1) is 5.92 Å². The van der Waals surface area contributed by atoms with Gasteiger partial charge in [0.25, 0.3) is 5.91 Å². The number of para-hydroxylation sites is 1. The van der Waals surface area contributed by atoms with Crippen molar-refractivity contribution in [1.82, 2.24) is 9.80 Å². The smallest absolute Gasteiger partial charge is 0.253 e. The van der Waals surface area contributed by atoms with Crippen LogP contribution in [0.25, 0.3) is 0 Å². The van der Waals surface area contributed by atoms with Crippen molar-refractivity contribution in [2.24, 2.45) is 5.92 Å². The Hall–Kier alpha value is -1.59. The van der Waals surface area contributed by atoms with Crippen LogP contribution >= 0.6 is 0 Å². The minimum atomic E-state index is -0.299. The van der Waals surface area contributed by atoms with Gasteiger partial charge in [0.1, 0.15) is 11.9 Å². The highest BCUT2D eigenvalue weighted by atomic mass is 16.5. The molecule has 2 saturated heterocycles. The summed E-state index contributed by atoms with van der Waals surface area (Å²) in [5.41, 5.74) is 0. The Kier molecular flexibility index (Phi) is 6.10. The molecule has 24 heavy (non-hydrogen) atoms. The van der Waals surface area contributed by atoms with Crippen LogP contribution in [-0.2, 0) is 9.53 Å². The SMILES string of the molecule is CCN1CCO[C@@H](C(=O)N2CCC[C@@H](COc3ccccc3)C2)C1. The predicted molar refractivity (Wildman–Crippen MR) is 93.1 cm³/mol. The predicted octanol–water partition coefficient (Wildman–Crippen LogP) is 2.02. The van der Waals surface area contributed by atoms with Crippen LogP contribution < -0.4 is 4.74 Å². The molecule has 1 aromatic carbocycles. The average Bonchev–Trinajstić information content (AvgIpc) is 2.67. The van der Waals surface area contributed by atoms with Crippen molar-refractivity contribution in [3.8, 4) is 5.75 Å². The van der Waals surface area contributed by atoms with Gasteiger partial charge >= 0.3 is 0 Å². The van der Waals surface area contributed by atoms with Gasteiger partial charge < -0.3 is 14.4 Å². The van der Waals surface area contributed by atoms with Crippen molar-refractivity contribution in [3.05, 3.63) is 30.3 Å². The lowest BCUT2D eigenvalue weighted by molar-refractivity contribution is -0.151. The molecule has 2 aliphatic heterocycles. The maximum absolute atomic E-state index is 12.8. The Morgan fingerprint density at radius 1 is 1.25 bits per heavy atom. The fraction of sp³-hybridized carbons (Fsp3) is 0.632. The molecule has 0 aliphatic carbocycles. The molecule has 0 saturated carbocycles. The zero-order chi connectivity index (χ0) is 16.8. The summed E-state index contributed by atoms with van der Waals surface area (Å²) in [6.07, 6.45) is 1.86. The van der Waals surface area contributed by atoms with E-state index in [2.05, 4.69) is 11.8 Å². The largest absolute Gasteiger partial charge is 0.493 e. The Morgan fingerprint density at radius 3 is 2.88 bits per heavy atom. The summed E-state index contributed by atoms with van der Waals surface area (Å²) in [6.45, 7) is 7.68. The average molecular weight is 332 g/mol. The highest BCUT2D eigenvalue weighted by Crippen LogP contribution is 2.20. The van der Waals surface area contributed by atoms with Crippen molar-refractivity contribution in [2.75, 3.05) is 45.9 Å². The number of likely N-dealkylation sites (tertiary alicyclic amines) is 1. The second-order valence-corrected chi connectivity index (χ2v) is 6.67. The molecule has 0 aromatic heterocycles. The fourth-order valence-corrected chi connectivity index (χ4v) is 3.47. The van der Waals surface area contributed by atoms with Crippen LogP contribution in [0.2, 0.25) is 0 Å². The summed E-state index contributed by atoms with van der Waals surface area (Å²) >= 11 is 0. The molecule has 5 nitrogen and oxygen atoms in total. The Bertz CT molecular complexity index is 523. The van der Waals surface area contributed by atoms with E-state index in [9.17, 15) is 4.79 Å². The summed E-state index contributed by atoms with van der Waals surface area (Å²) in [7, 11) is 0. The topological polar surface area (TPSA) is 42.0 Å². The molecule has 2 atom stereocenters. The van der Waals surface area contributed by atoms with E-state index in [0.717, 1.165) is 51.3 Å². The van der Waals surface area contributed by atoms with E-state index in [-0.39, 0.29) is 12.0 Å². The van der Waals surface area contributed by atoms with E-state index in [0.29, 0.717) is 19.1 Å². The number of rotatable bonds is 5. The summed E-state index contributed by atoms with van der Waals surface area (Å²) < 4.78 is 11.6. The zero-order valence-corrected chi connectivity index (χ0v) is 14.5. The van der Waals surface area contributed by atoms with Crippen LogP contribution in [0.1, 0.15) is 19.8 Å². The Morgan fingerprint density at radius 2 is 2.08 bits per heavy atom. The number of hydrogen-bond donors (Lipinski definition) is 0. The number of piperidine rings is 1. The molecule has 2 aliphatic rings. The van der Waals surface area contributed by atoms with Crippen molar-refractivity contribution < 1.29 is 14.3 Å². The lowest BCUT2D eigenvalue weighted by Gasteiger charge is -2.37. The van der Waals surface area contributed by atoms with E-state index in [4.69, 9.17) is 9.47 Å². The van der Waals surface area contributed by atoms with Gasteiger partial charge in [0.15, 0.2) is 0 Å². The Labute approximate surface area is 144 Å². The molecule has 3 rings (SSSR count). The number of benzene rings is 1. The summed E-state index contributed by atoms with van der Waals surface area (Å²) in [5.74, 6) is 1.45. The van der Waals surface area contributed by atoms with Crippen molar-refractivity contribution in [1.29, 1.82) is 0 Å². The quantitative estimate of drug-likeness (QED) is 0.827. The molecule has 1 aromatic rings. The van der Waals surface area contributed by atoms with Gasteiger partial charge in [0, 0.05) is 32.1 Å². The number of morpholine rings is 1. The van der Waals surface area contributed by atoms with Crippen molar-refractivity contribution >= 4 is 5.91 Å². The van der Waals surface area contributed by atoms with Gasteiger partial charge in [-0.2, -0.15) is 0 Å². The third-order valence-electron chi connectivity index (χ3n) is 4.93. The molecule has 0 spiro atoms. The molecule has 1 amide bonds. The highest BCUT2D eigenvalue weighted by Gasteiger charge is 2.32. The highest BCUT2D eigenvalue weighted by molar-refractivity contribution is 5.81. The van der Waals surface area contributed by atoms with E-state index in [1.807, 2.05) is 35.2 Å². The summed E-state index contributed by atoms with van der Waals surface area (Å²) in [4.78, 5) is 17.0. The molecule has 2 fully saturated rings. The summed E-state index contributed by atoms with van der Waals surface area (Å²) in [6, 6.07) is 9.89. The van der Waals surface area contributed by atoms with Gasteiger partial charge in [-0.1, -0.05) is 25.1 Å². The van der Waals surface area contributed by atoms with Crippen molar-refractivity contribution in [3.63, 3.8) is 0 Å². The number of nitrogens with zero attached hydrogens (tertiary/aromatic N) is 2. The lowest BCUT2D eigenvalue weighted by Crippen LogP contribution is -2.53. The van der Waals surface area contributed by atoms with Gasteiger partial charge in [0.2, 0.25) is 0 Å². The van der Waals surface area contributed by atoms with E-state index < -0.39 is 0 Å². The lowest BCUT2D eigenvalue weighted by atomic mass is 9.98. The minimum absolute atomic E-state index is 0.151. The van der Waals surface area contributed by atoms with Crippen LogP contribution in [0.5, 0.6) is 5.75 Å². The summed E-state index contributed by atoms with van der Waals surface area (Å²) in [5, 5.41) is 0. The molecule has 132 valence electrons. The van der Waals surface area contributed by atoms with Crippen molar-refractivity contribution in [2.45, 2.75) is 25.9 Å². The molecular formula is C19H28N2O3. The minimum Gasteiger partial charge on any atom is -0.493 e. The second-order valence-electron chi connectivity index (χ2n) is 6.67. The van der Waals surface area contributed by atoms with Gasteiger partial charge in [-0.15, -0.1) is 0 Å². The van der Waals surface area contributed by atoms with Crippen LogP contribution in [0.3, 0.4) is 0 Å². The number of amides is 1. The maximum Gasteiger partial charge on any atom is 0.253 e.